The first-order valence-electron chi connectivity index (χ1n) is 6.90. The first-order chi connectivity index (χ1) is 9.73. The predicted octanol–water partition coefficient (Wildman–Crippen LogP) is 3.29. The number of nitrogens with zero attached hydrogens (tertiary/aromatic N) is 1. The zero-order valence-electron chi connectivity index (χ0n) is 12.7. The van der Waals surface area contributed by atoms with E-state index in [1.165, 1.54) is 4.90 Å². The molecule has 0 radical (unpaired) electrons. The lowest BCUT2D eigenvalue weighted by Crippen LogP contribution is -2.35. The van der Waals surface area contributed by atoms with Gasteiger partial charge in [0.2, 0.25) is 0 Å². The van der Waals surface area contributed by atoms with Crippen LogP contribution in [0.1, 0.15) is 26.3 Å². The van der Waals surface area contributed by atoms with Crippen molar-refractivity contribution in [3.63, 3.8) is 0 Å². The molecule has 0 aliphatic heterocycles. The zero-order chi connectivity index (χ0) is 16.0. The van der Waals surface area contributed by atoms with E-state index >= 15 is 0 Å². The number of aliphatic hydroxyl groups excluding tert-OH is 1. The number of halogens is 3. The summed E-state index contributed by atoms with van der Waals surface area (Å²) in [5.74, 6) is 0. The lowest BCUT2D eigenvalue weighted by Gasteiger charge is -2.25. The van der Waals surface area contributed by atoms with Crippen molar-refractivity contribution in [2.75, 3.05) is 24.6 Å². The minimum atomic E-state index is -2.46. The standard InChI is InChI=1S/C15H23ClF2N2O/c1-15(2,3)19-9-11-4-5-12(8-13(11)16)20(6-7-21)10-14(17)18/h4-5,8,14,19,21H,6-7,9-10H2,1-3H3. The molecule has 3 nitrogen and oxygen atoms in total. The van der Waals surface area contributed by atoms with Gasteiger partial charge in [0.1, 0.15) is 0 Å². The van der Waals surface area contributed by atoms with Gasteiger partial charge >= 0.3 is 0 Å². The van der Waals surface area contributed by atoms with Crippen LogP contribution in [0.2, 0.25) is 5.02 Å². The first kappa shape index (κ1) is 18.1. The summed E-state index contributed by atoms with van der Waals surface area (Å²) in [7, 11) is 0. The summed E-state index contributed by atoms with van der Waals surface area (Å²) in [5.41, 5.74) is 1.48. The Morgan fingerprint density at radius 2 is 2.00 bits per heavy atom. The van der Waals surface area contributed by atoms with Crippen LogP contribution in [0.5, 0.6) is 0 Å². The Hall–Kier alpha value is -0.910. The van der Waals surface area contributed by atoms with Crippen LogP contribution in [-0.4, -0.2) is 36.8 Å². The molecule has 0 aliphatic carbocycles. The third-order valence-electron chi connectivity index (χ3n) is 2.94. The molecule has 0 amide bonds. The fourth-order valence-corrected chi connectivity index (χ4v) is 2.09. The molecule has 6 heteroatoms. The third-order valence-corrected chi connectivity index (χ3v) is 3.29. The van der Waals surface area contributed by atoms with Gasteiger partial charge in [0, 0.05) is 29.3 Å². The van der Waals surface area contributed by atoms with Crippen molar-refractivity contribution < 1.29 is 13.9 Å². The molecule has 1 aromatic rings. The number of anilines is 1. The van der Waals surface area contributed by atoms with Crippen LogP contribution in [-0.2, 0) is 6.54 Å². The van der Waals surface area contributed by atoms with Crippen molar-refractivity contribution in [2.45, 2.75) is 39.3 Å². The molecule has 2 N–H and O–H groups in total. The molecule has 0 bridgehead atoms. The number of hydrogen-bond acceptors (Lipinski definition) is 3. The Balaban J connectivity index is 2.83. The smallest absolute Gasteiger partial charge is 0.255 e. The van der Waals surface area contributed by atoms with E-state index in [1.54, 1.807) is 12.1 Å². The monoisotopic (exact) mass is 320 g/mol. The van der Waals surface area contributed by atoms with Crippen LogP contribution in [0.25, 0.3) is 0 Å². The highest BCUT2D eigenvalue weighted by molar-refractivity contribution is 6.31. The van der Waals surface area contributed by atoms with Crippen molar-refractivity contribution >= 4 is 17.3 Å². The van der Waals surface area contributed by atoms with Gasteiger partial charge in [0.25, 0.3) is 6.43 Å². The van der Waals surface area contributed by atoms with Gasteiger partial charge in [0.15, 0.2) is 0 Å². The molecule has 0 heterocycles. The maximum atomic E-state index is 12.6. The molecule has 0 aromatic heterocycles. The summed E-state index contributed by atoms with van der Waals surface area (Å²) in [4.78, 5) is 1.43. The highest BCUT2D eigenvalue weighted by Crippen LogP contribution is 2.24. The number of benzene rings is 1. The molecule has 1 aromatic carbocycles. The second kappa shape index (κ2) is 7.92. The van der Waals surface area contributed by atoms with E-state index in [0.29, 0.717) is 17.3 Å². The van der Waals surface area contributed by atoms with Crippen molar-refractivity contribution in [1.29, 1.82) is 0 Å². The van der Waals surface area contributed by atoms with E-state index in [2.05, 4.69) is 26.1 Å². The van der Waals surface area contributed by atoms with E-state index in [4.69, 9.17) is 16.7 Å². The lowest BCUT2D eigenvalue weighted by molar-refractivity contribution is 0.153. The Kier molecular flexibility index (Phi) is 6.84. The lowest BCUT2D eigenvalue weighted by atomic mass is 10.1. The van der Waals surface area contributed by atoms with Crippen LogP contribution >= 0.6 is 11.6 Å². The molecule has 120 valence electrons. The molecular formula is C15H23ClF2N2O. The van der Waals surface area contributed by atoms with Gasteiger partial charge < -0.3 is 15.3 Å². The normalized spacial score (nSPS) is 12.0. The summed E-state index contributed by atoms with van der Waals surface area (Å²) in [6, 6.07) is 5.25. The highest BCUT2D eigenvalue weighted by Gasteiger charge is 2.15. The number of aliphatic hydroxyl groups is 1. The Labute approximate surface area is 129 Å². The van der Waals surface area contributed by atoms with Crippen LogP contribution in [0.3, 0.4) is 0 Å². The van der Waals surface area contributed by atoms with Gasteiger partial charge in [0.05, 0.1) is 13.2 Å². The molecule has 0 aliphatic rings. The topological polar surface area (TPSA) is 35.5 Å². The molecule has 1 rings (SSSR count). The largest absolute Gasteiger partial charge is 0.395 e. The second-order valence-corrected chi connectivity index (χ2v) is 6.35. The van der Waals surface area contributed by atoms with Gasteiger partial charge in [-0.25, -0.2) is 8.78 Å². The summed E-state index contributed by atoms with van der Waals surface area (Å²) in [6.45, 7) is 6.33. The molecular weight excluding hydrogens is 298 g/mol. The molecule has 0 fully saturated rings. The fraction of sp³-hybridized carbons (Fsp3) is 0.600. The van der Waals surface area contributed by atoms with Gasteiger partial charge in [-0.15, -0.1) is 0 Å². The van der Waals surface area contributed by atoms with Crippen LogP contribution < -0.4 is 10.2 Å². The SMILES string of the molecule is CC(C)(C)NCc1ccc(N(CCO)CC(F)F)cc1Cl. The molecule has 21 heavy (non-hydrogen) atoms. The van der Waals surface area contributed by atoms with E-state index in [9.17, 15) is 8.78 Å². The number of nitrogens with one attached hydrogen (secondary N) is 1. The van der Waals surface area contributed by atoms with Crippen molar-refractivity contribution in [3.8, 4) is 0 Å². The van der Waals surface area contributed by atoms with Gasteiger partial charge in [-0.1, -0.05) is 17.7 Å². The van der Waals surface area contributed by atoms with Gasteiger partial charge in [-0.2, -0.15) is 0 Å². The second-order valence-electron chi connectivity index (χ2n) is 5.94. The van der Waals surface area contributed by atoms with E-state index in [1.807, 2.05) is 6.07 Å². The van der Waals surface area contributed by atoms with Gasteiger partial charge in [-0.3, -0.25) is 0 Å². The number of alkyl halides is 2. The maximum absolute atomic E-state index is 12.6. The van der Waals surface area contributed by atoms with Crippen molar-refractivity contribution in [1.82, 2.24) is 5.32 Å². The maximum Gasteiger partial charge on any atom is 0.255 e. The minimum Gasteiger partial charge on any atom is -0.395 e. The molecule has 0 atom stereocenters. The first-order valence-corrected chi connectivity index (χ1v) is 7.28. The Morgan fingerprint density at radius 1 is 1.33 bits per heavy atom. The summed E-state index contributed by atoms with van der Waals surface area (Å²) in [6.07, 6.45) is -2.46. The summed E-state index contributed by atoms with van der Waals surface area (Å²) < 4.78 is 25.1. The zero-order valence-corrected chi connectivity index (χ0v) is 13.4. The Bertz CT molecular complexity index is 450. The molecule has 0 spiro atoms. The van der Waals surface area contributed by atoms with E-state index in [0.717, 1.165) is 5.56 Å². The average molecular weight is 321 g/mol. The molecule has 0 unspecified atom stereocenters. The van der Waals surface area contributed by atoms with Gasteiger partial charge in [-0.05, 0) is 38.5 Å². The van der Waals surface area contributed by atoms with Crippen LogP contribution in [0.4, 0.5) is 14.5 Å². The fourth-order valence-electron chi connectivity index (χ4n) is 1.85. The third kappa shape index (κ3) is 6.59. The number of rotatable bonds is 7. The van der Waals surface area contributed by atoms with E-state index in [-0.39, 0.29) is 18.7 Å². The highest BCUT2D eigenvalue weighted by atomic mass is 35.5. The Morgan fingerprint density at radius 3 is 2.48 bits per heavy atom. The summed E-state index contributed by atoms with van der Waals surface area (Å²) >= 11 is 6.22. The van der Waals surface area contributed by atoms with Crippen molar-refractivity contribution in [3.05, 3.63) is 28.8 Å². The van der Waals surface area contributed by atoms with Crippen LogP contribution in [0, 0.1) is 0 Å². The van der Waals surface area contributed by atoms with Crippen molar-refractivity contribution in [2.24, 2.45) is 0 Å². The average Bonchev–Trinajstić information content (AvgIpc) is 2.35. The minimum absolute atomic E-state index is 0.0272. The number of hydrogen-bond donors (Lipinski definition) is 2. The molecule has 0 saturated carbocycles. The van der Waals surface area contributed by atoms with Crippen LogP contribution in [0.15, 0.2) is 18.2 Å². The summed E-state index contributed by atoms with van der Waals surface area (Å²) in [5, 5.41) is 12.8. The quantitative estimate of drug-likeness (QED) is 0.809. The van der Waals surface area contributed by atoms with E-state index < -0.39 is 13.0 Å². The predicted molar refractivity (Wildman–Crippen MR) is 83.3 cm³/mol. The molecule has 0 saturated heterocycles.